The van der Waals surface area contributed by atoms with Gasteiger partial charge in [0.2, 0.25) is 0 Å². The number of amides is 1. The SMILES string of the molecule is CCCN1CCN(C(=O)c2nn(-c3ccccc3OC)c(=O)c3ccccc23)CC1. The summed E-state index contributed by atoms with van der Waals surface area (Å²) >= 11 is 0. The Hall–Kier alpha value is -3.19. The third kappa shape index (κ3) is 3.68. The van der Waals surface area contributed by atoms with E-state index < -0.39 is 0 Å². The zero-order valence-corrected chi connectivity index (χ0v) is 17.4. The maximum Gasteiger partial charge on any atom is 0.279 e. The average molecular weight is 406 g/mol. The van der Waals surface area contributed by atoms with Crippen LogP contribution in [0.2, 0.25) is 0 Å². The number of hydrogen-bond acceptors (Lipinski definition) is 5. The van der Waals surface area contributed by atoms with Gasteiger partial charge in [-0.05, 0) is 31.2 Å². The summed E-state index contributed by atoms with van der Waals surface area (Å²) in [5.74, 6) is 0.375. The monoisotopic (exact) mass is 406 g/mol. The summed E-state index contributed by atoms with van der Waals surface area (Å²) in [7, 11) is 1.55. The highest BCUT2D eigenvalue weighted by molar-refractivity contribution is 6.04. The fourth-order valence-electron chi connectivity index (χ4n) is 3.96. The minimum Gasteiger partial charge on any atom is -0.494 e. The molecule has 0 bridgehead atoms. The number of benzene rings is 2. The van der Waals surface area contributed by atoms with E-state index >= 15 is 0 Å². The number of aromatic nitrogens is 2. The van der Waals surface area contributed by atoms with E-state index in [2.05, 4.69) is 16.9 Å². The lowest BCUT2D eigenvalue weighted by Gasteiger charge is -2.34. The van der Waals surface area contributed by atoms with E-state index in [1.165, 1.54) is 4.68 Å². The van der Waals surface area contributed by atoms with Gasteiger partial charge in [0.25, 0.3) is 11.5 Å². The van der Waals surface area contributed by atoms with Crippen LogP contribution in [-0.4, -0.2) is 65.3 Å². The van der Waals surface area contributed by atoms with Crippen molar-refractivity contribution in [1.82, 2.24) is 19.6 Å². The normalized spacial score (nSPS) is 14.8. The zero-order chi connectivity index (χ0) is 21.1. The van der Waals surface area contributed by atoms with Crippen LogP contribution >= 0.6 is 0 Å². The smallest absolute Gasteiger partial charge is 0.279 e. The Morgan fingerprint density at radius 3 is 2.37 bits per heavy atom. The third-order valence-electron chi connectivity index (χ3n) is 5.52. The summed E-state index contributed by atoms with van der Waals surface area (Å²) in [5, 5.41) is 5.57. The van der Waals surface area contributed by atoms with Gasteiger partial charge < -0.3 is 9.64 Å². The molecule has 0 N–H and O–H groups in total. The lowest BCUT2D eigenvalue weighted by atomic mass is 10.1. The molecule has 1 aromatic heterocycles. The molecule has 0 spiro atoms. The van der Waals surface area contributed by atoms with Gasteiger partial charge in [-0.25, -0.2) is 0 Å². The van der Waals surface area contributed by atoms with Gasteiger partial charge in [-0.15, -0.1) is 0 Å². The number of carbonyl (C=O) groups is 1. The quantitative estimate of drug-likeness (QED) is 0.652. The predicted octanol–water partition coefficient (Wildman–Crippen LogP) is 2.56. The van der Waals surface area contributed by atoms with Crippen molar-refractivity contribution < 1.29 is 9.53 Å². The Bertz CT molecular complexity index is 1120. The van der Waals surface area contributed by atoms with Crippen molar-refractivity contribution in [2.24, 2.45) is 0 Å². The second-order valence-corrected chi connectivity index (χ2v) is 7.42. The number of para-hydroxylation sites is 2. The molecule has 1 fully saturated rings. The molecule has 0 unspecified atom stereocenters. The van der Waals surface area contributed by atoms with Gasteiger partial charge in [0.15, 0.2) is 5.69 Å². The molecule has 1 saturated heterocycles. The molecule has 0 atom stereocenters. The summed E-state index contributed by atoms with van der Waals surface area (Å²) in [6.07, 6.45) is 1.10. The molecule has 7 nitrogen and oxygen atoms in total. The maximum absolute atomic E-state index is 13.4. The van der Waals surface area contributed by atoms with Gasteiger partial charge in [0.05, 0.1) is 12.5 Å². The summed E-state index contributed by atoms with van der Waals surface area (Å²) in [4.78, 5) is 30.8. The second kappa shape index (κ2) is 8.67. The molecule has 3 aromatic rings. The van der Waals surface area contributed by atoms with E-state index in [1.807, 2.05) is 23.1 Å². The van der Waals surface area contributed by atoms with E-state index in [-0.39, 0.29) is 11.5 Å². The molecule has 1 aliphatic heterocycles. The van der Waals surface area contributed by atoms with Crippen molar-refractivity contribution in [3.05, 3.63) is 64.6 Å². The Labute approximate surface area is 175 Å². The molecular weight excluding hydrogens is 380 g/mol. The molecule has 30 heavy (non-hydrogen) atoms. The topological polar surface area (TPSA) is 67.7 Å². The van der Waals surface area contributed by atoms with Crippen LogP contribution in [0.5, 0.6) is 5.75 Å². The second-order valence-electron chi connectivity index (χ2n) is 7.42. The maximum atomic E-state index is 13.4. The van der Waals surface area contributed by atoms with Gasteiger partial charge in [-0.1, -0.05) is 37.3 Å². The summed E-state index contributed by atoms with van der Waals surface area (Å²) in [6, 6.07) is 14.3. The van der Waals surface area contributed by atoms with Gasteiger partial charge in [-0.3, -0.25) is 14.5 Å². The molecule has 7 heteroatoms. The average Bonchev–Trinajstić information content (AvgIpc) is 2.80. The molecule has 4 rings (SSSR count). The van der Waals surface area contributed by atoms with Crippen LogP contribution in [-0.2, 0) is 0 Å². The lowest BCUT2D eigenvalue weighted by Crippen LogP contribution is -2.49. The van der Waals surface area contributed by atoms with Crippen molar-refractivity contribution in [1.29, 1.82) is 0 Å². The standard InChI is InChI=1S/C23H26N4O3/c1-3-12-25-13-15-26(16-14-25)23(29)21-17-8-4-5-9-18(17)22(28)27(24-21)19-10-6-7-11-20(19)30-2/h4-11H,3,12-16H2,1-2H3. The van der Waals surface area contributed by atoms with E-state index in [1.54, 1.807) is 37.4 Å². The van der Waals surface area contributed by atoms with Crippen LogP contribution in [0.4, 0.5) is 0 Å². The molecule has 2 aromatic carbocycles. The van der Waals surface area contributed by atoms with Crippen LogP contribution in [0, 0.1) is 0 Å². The van der Waals surface area contributed by atoms with Gasteiger partial charge in [0.1, 0.15) is 11.4 Å². The van der Waals surface area contributed by atoms with Crippen molar-refractivity contribution in [3.8, 4) is 11.4 Å². The molecule has 156 valence electrons. The fourth-order valence-corrected chi connectivity index (χ4v) is 3.96. The Morgan fingerprint density at radius 2 is 1.67 bits per heavy atom. The summed E-state index contributed by atoms with van der Waals surface area (Å²) in [6.45, 7) is 6.22. The van der Waals surface area contributed by atoms with Crippen LogP contribution in [0.15, 0.2) is 53.3 Å². The van der Waals surface area contributed by atoms with Gasteiger partial charge >= 0.3 is 0 Å². The van der Waals surface area contributed by atoms with Crippen LogP contribution in [0.1, 0.15) is 23.8 Å². The lowest BCUT2D eigenvalue weighted by molar-refractivity contribution is 0.0632. The van der Waals surface area contributed by atoms with Gasteiger partial charge in [-0.2, -0.15) is 9.78 Å². The number of hydrogen-bond donors (Lipinski definition) is 0. The number of methoxy groups -OCH3 is 1. The largest absolute Gasteiger partial charge is 0.494 e. The van der Waals surface area contributed by atoms with E-state index in [4.69, 9.17) is 4.74 Å². The highest BCUT2D eigenvalue weighted by Gasteiger charge is 2.26. The Kier molecular flexibility index (Phi) is 5.81. The zero-order valence-electron chi connectivity index (χ0n) is 17.4. The number of ether oxygens (including phenoxy) is 1. The molecule has 0 saturated carbocycles. The molecule has 0 radical (unpaired) electrons. The number of fused-ring (bicyclic) bond motifs is 1. The summed E-state index contributed by atoms with van der Waals surface area (Å²) < 4.78 is 6.70. The summed E-state index contributed by atoms with van der Waals surface area (Å²) in [5.41, 5.74) is 0.525. The minimum atomic E-state index is -0.278. The van der Waals surface area contributed by atoms with Crippen molar-refractivity contribution in [2.45, 2.75) is 13.3 Å². The molecular formula is C23H26N4O3. The molecule has 1 amide bonds. The minimum absolute atomic E-state index is 0.147. The van der Waals surface area contributed by atoms with E-state index in [9.17, 15) is 9.59 Å². The first kappa shape index (κ1) is 20.1. The third-order valence-corrected chi connectivity index (χ3v) is 5.52. The number of piperazine rings is 1. The van der Waals surface area contributed by atoms with Gasteiger partial charge in [0, 0.05) is 31.6 Å². The highest BCUT2D eigenvalue weighted by Crippen LogP contribution is 2.23. The number of nitrogens with zero attached hydrogens (tertiary/aromatic N) is 4. The molecule has 1 aliphatic rings. The van der Waals surface area contributed by atoms with Crippen LogP contribution < -0.4 is 10.3 Å². The van der Waals surface area contributed by atoms with E-state index in [0.29, 0.717) is 41.0 Å². The van der Waals surface area contributed by atoms with Crippen molar-refractivity contribution >= 4 is 16.7 Å². The van der Waals surface area contributed by atoms with Crippen LogP contribution in [0.25, 0.3) is 16.5 Å². The number of rotatable bonds is 5. The molecule has 0 aliphatic carbocycles. The highest BCUT2D eigenvalue weighted by atomic mass is 16.5. The van der Waals surface area contributed by atoms with Crippen LogP contribution in [0.3, 0.4) is 0 Å². The van der Waals surface area contributed by atoms with Crippen molar-refractivity contribution in [2.75, 3.05) is 39.8 Å². The first-order chi connectivity index (χ1) is 14.6. The molecule has 2 heterocycles. The fraction of sp³-hybridized carbons (Fsp3) is 0.348. The Balaban J connectivity index is 1.79. The van der Waals surface area contributed by atoms with Crippen molar-refractivity contribution in [3.63, 3.8) is 0 Å². The van der Waals surface area contributed by atoms with E-state index in [0.717, 1.165) is 26.1 Å². The predicted molar refractivity (Wildman–Crippen MR) is 117 cm³/mol. The Morgan fingerprint density at radius 1 is 1.00 bits per heavy atom. The first-order valence-corrected chi connectivity index (χ1v) is 10.3. The number of carbonyl (C=O) groups excluding carboxylic acids is 1. The first-order valence-electron chi connectivity index (χ1n) is 10.3.